The van der Waals surface area contributed by atoms with E-state index < -0.39 is 0 Å². The van der Waals surface area contributed by atoms with Crippen LogP contribution in [0, 0.1) is 0 Å². The molecule has 0 saturated heterocycles. The average molecular weight is 319 g/mol. The van der Waals surface area contributed by atoms with Gasteiger partial charge in [-0.1, -0.05) is 66.7 Å². The Labute approximate surface area is 142 Å². The van der Waals surface area contributed by atoms with Gasteiger partial charge in [0, 0.05) is 0 Å². The van der Waals surface area contributed by atoms with E-state index in [1.54, 1.807) is 0 Å². The molecule has 0 bridgehead atoms. The highest BCUT2D eigenvalue weighted by Crippen LogP contribution is 2.17. The van der Waals surface area contributed by atoms with Crippen LogP contribution in [0.5, 0.6) is 5.75 Å². The predicted molar refractivity (Wildman–Crippen MR) is 98.7 cm³/mol. The summed E-state index contributed by atoms with van der Waals surface area (Å²) in [5.74, 6) is 0.843. The predicted octanol–water partition coefficient (Wildman–Crippen LogP) is 5.05. The van der Waals surface area contributed by atoms with Crippen LogP contribution >= 0.6 is 0 Å². The third kappa shape index (κ3) is 4.13. The maximum Gasteiger partial charge on any atom is 0.151 e. The van der Waals surface area contributed by atoms with E-state index in [1.165, 1.54) is 10.8 Å². The monoisotopic (exact) mass is 319 g/mol. The lowest BCUT2D eigenvalue weighted by Gasteiger charge is -2.07. The van der Waals surface area contributed by atoms with Crippen LogP contribution in [-0.4, -0.2) is 18.9 Å². The van der Waals surface area contributed by atoms with Gasteiger partial charge in [0.15, 0.2) is 6.61 Å². The van der Waals surface area contributed by atoms with Gasteiger partial charge >= 0.3 is 0 Å². The summed E-state index contributed by atoms with van der Waals surface area (Å²) in [4.78, 5) is 5.44. The molecule has 24 heavy (non-hydrogen) atoms. The molecule has 0 radical (unpaired) electrons. The Hall–Kier alpha value is -2.81. The van der Waals surface area contributed by atoms with Crippen LogP contribution in [0.3, 0.4) is 0 Å². The minimum Gasteiger partial charge on any atom is -0.490 e. The van der Waals surface area contributed by atoms with E-state index in [9.17, 15) is 0 Å². The standard InChI is InChI=1S/C21H21NO2/c1-2-21(19-13-12-17-8-6-7-9-18(17)16-19)22-24-15-14-23-20-10-4-3-5-11-20/h3-13,16H,2,14-15H2,1H3. The van der Waals surface area contributed by atoms with E-state index in [1.807, 2.05) is 42.5 Å². The number of hydrogen-bond donors (Lipinski definition) is 0. The molecule has 0 atom stereocenters. The molecule has 0 heterocycles. The molecule has 3 rings (SSSR count). The average Bonchev–Trinajstić information content (AvgIpc) is 2.65. The first-order chi connectivity index (χ1) is 11.9. The molecule has 3 aromatic carbocycles. The highest BCUT2D eigenvalue weighted by Gasteiger charge is 2.03. The molecule has 0 N–H and O–H groups in total. The van der Waals surface area contributed by atoms with Crippen LogP contribution in [-0.2, 0) is 4.84 Å². The quantitative estimate of drug-likeness (QED) is 0.346. The van der Waals surface area contributed by atoms with E-state index in [-0.39, 0.29) is 0 Å². The zero-order valence-corrected chi connectivity index (χ0v) is 13.8. The molecule has 0 unspecified atom stereocenters. The molecule has 0 saturated carbocycles. The fourth-order valence-corrected chi connectivity index (χ4v) is 2.53. The molecule has 3 nitrogen and oxygen atoms in total. The van der Waals surface area contributed by atoms with Crippen LogP contribution in [0.15, 0.2) is 78.0 Å². The highest BCUT2D eigenvalue weighted by atomic mass is 16.6. The van der Waals surface area contributed by atoms with Crippen molar-refractivity contribution in [1.29, 1.82) is 0 Å². The molecule has 122 valence electrons. The SMILES string of the molecule is CCC(=NOCCOc1ccccc1)c1ccc2ccccc2c1. The molecule has 0 aromatic heterocycles. The van der Waals surface area contributed by atoms with Crippen molar-refractivity contribution in [2.75, 3.05) is 13.2 Å². The summed E-state index contributed by atoms with van der Waals surface area (Å²) in [5, 5.41) is 6.73. The lowest BCUT2D eigenvalue weighted by molar-refractivity contribution is 0.107. The number of oxime groups is 1. The zero-order chi connectivity index (χ0) is 16.6. The zero-order valence-electron chi connectivity index (χ0n) is 13.8. The maximum absolute atomic E-state index is 5.59. The number of para-hydroxylation sites is 1. The van der Waals surface area contributed by atoms with Crippen molar-refractivity contribution in [3.63, 3.8) is 0 Å². The van der Waals surface area contributed by atoms with Gasteiger partial charge in [0.1, 0.15) is 12.4 Å². The maximum atomic E-state index is 5.59. The van der Waals surface area contributed by atoms with Crippen LogP contribution < -0.4 is 4.74 Å². The summed E-state index contributed by atoms with van der Waals surface area (Å²) in [6, 6.07) is 24.4. The summed E-state index contributed by atoms with van der Waals surface area (Å²) >= 11 is 0. The van der Waals surface area contributed by atoms with Gasteiger partial charge in [-0.05, 0) is 41.0 Å². The van der Waals surface area contributed by atoms with Crippen molar-refractivity contribution in [3.05, 3.63) is 78.4 Å². The molecule has 0 fully saturated rings. The lowest BCUT2D eigenvalue weighted by Crippen LogP contribution is -2.06. The van der Waals surface area contributed by atoms with Crippen LogP contribution in [0.2, 0.25) is 0 Å². The summed E-state index contributed by atoms with van der Waals surface area (Å²) in [5.41, 5.74) is 2.04. The van der Waals surface area contributed by atoms with Crippen molar-refractivity contribution < 1.29 is 9.57 Å². The molecular weight excluding hydrogens is 298 g/mol. The third-order valence-corrected chi connectivity index (χ3v) is 3.78. The lowest BCUT2D eigenvalue weighted by atomic mass is 10.0. The van der Waals surface area contributed by atoms with Crippen LogP contribution in [0.4, 0.5) is 0 Å². The molecular formula is C21H21NO2. The minimum atomic E-state index is 0.423. The van der Waals surface area contributed by atoms with Crippen LogP contribution in [0.1, 0.15) is 18.9 Å². The first-order valence-electron chi connectivity index (χ1n) is 8.22. The Bertz CT molecular complexity index is 812. The van der Waals surface area contributed by atoms with E-state index in [2.05, 4.69) is 42.4 Å². The number of fused-ring (bicyclic) bond motifs is 1. The Balaban J connectivity index is 1.59. The second-order valence-electron chi connectivity index (χ2n) is 5.45. The molecule has 0 aliphatic heterocycles. The number of ether oxygens (including phenoxy) is 1. The number of rotatable bonds is 7. The van der Waals surface area contributed by atoms with E-state index in [0.717, 1.165) is 23.4 Å². The summed E-state index contributed by atoms with van der Waals surface area (Å²) < 4.78 is 5.59. The molecule has 0 amide bonds. The Morgan fingerprint density at radius 2 is 1.58 bits per heavy atom. The van der Waals surface area contributed by atoms with Gasteiger partial charge < -0.3 is 9.57 Å². The van der Waals surface area contributed by atoms with Gasteiger partial charge in [-0.15, -0.1) is 0 Å². The van der Waals surface area contributed by atoms with Crippen molar-refractivity contribution >= 4 is 16.5 Å². The summed E-state index contributed by atoms with van der Waals surface area (Å²) in [6.45, 7) is 2.98. The number of hydrogen-bond acceptors (Lipinski definition) is 3. The molecule has 0 aliphatic carbocycles. The summed E-state index contributed by atoms with van der Waals surface area (Å²) in [7, 11) is 0. The first kappa shape index (κ1) is 16.1. The number of nitrogens with zero attached hydrogens (tertiary/aromatic N) is 1. The third-order valence-electron chi connectivity index (χ3n) is 3.78. The second-order valence-corrected chi connectivity index (χ2v) is 5.45. The molecule has 3 aromatic rings. The Morgan fingerprint density at radius 1 is 0.833 bits per heavy atom. The Morgan fingerprint density at radius 3 is 2.38 bits per heavy atom. The van der Waals surface area contributed by atoms with E-state index >= 15 is 0 Å². The Kier molecular flexibility index (Phi) is 5.46. The normalized spacial score (nSPS) is 11.5. The number of benzene rings is 3. The van der Waals surface area contributed by atoms with Gasteiger partial charge in [0.25, 0.3) is 0 Å². The van der Waals surface area contributed by atoms with Gasteiger partial charge in [-0.2, -0.15) is 0 Å². The van der Waals surface area contributed by atoms with Crippen LogP contribution in [0.25, 0.3) is 10.8 Å². The highest BCUT2D eigenvalue weighted by molar-refractivity contribution is 6.03. The van der Waals surface area contributed by atoms with E-state index in [4.69, 9.17) is 9.57 Å². The van der Waals surface area contributed by atoms with Crippen molar-refractivity contribution in [1.82, 2.24) is 0 Å². The fraction of sp³-hybridized carbons (Fsp3) is 0.190. The van der Waals surface area contributed by atoms with E-state index in [0.29, 0.717) is 13.2 Å². The second kappa shape index (κ2) is 8.16. The molecule has 0 aliphatic rings. The topological polar surface area (TPSA) is 30.8 Å². The smallest absolute Gasteiger partial charge is 0.151 e. The molecule has 0 spiro atoms. The molecule has 3 heteroatoms. The van der Waals surface area contributed by atoms with Crippen molar-refractivity contribution in [2.45, 2.75) is 13.3 Å². The fourth-order valence-electron chi connectivity index (χ4n) is 2.53. The largest absolute Gasteiger partial charge is 0.490 e. The van der Waals surface area contributed by atoms with Crippen molar-refractivity contribution in [2.24, 2.45) is 5.16 Å². The first-order valence-corrected chi connectivity index (χ1v) is 8.22. The van der Waals surface area contributed by atoms with Gasteiger partial charge in [0.2, 0.25) is 0 Å². The van der Waals surface area contributed by atoms with Gasteiger partial charge in [-0.25, -0.2) is 0 Å². The van der Waals surface area contributed by atoms with Gasteiger partial charge in [-0.3, -0.25) is 0 Å². The van der Waals surface area contributed by atoms with Crippen molar-refractivity contribution in [3.8, 4) is 5.75 Å². The summed E-state index contributed by atoms with van der Waals surface area (Å²) in [6.07, 6.45) is 0.817. The van der Waals surface area contributed by atoms with Gasteiger partial charge in [0.05, 0.1) is 5.71 Å². The minimum absolute atomic E-state index is 0.423.